The SMILES string of the molecule is C/C=C/C=C/Nc1ccccc1.CCCC[N+]1=CC(C)(C)c2ccccc21.O=S(=O)=O. The highest BCUT2D eigenvalue weighted by molar-refractivity contribution is 7.59. The molecule has 3 rings (SSSR count). The van der Waals surface area contributed by atoms with E-state index in [9.17, 15) is 0 Å². The zero-order valence-electron chi connectivity index (χ0n) is 18.8. The number of fused-ring (bicyclic) bond motifs is 1. The summed E-state index contributed by atoms with van der Waals surface area (Å²) in [5.74, 6) is 0. The van der Waals surface area contributed by atoms with Gasteiger partial charge < -0.3 is 5.32 Å². The summed E-state index contributed by atoms with van der Waals surface area (Å²) in [6.45, 7) is 9.96. The van der Waals surface area contributed by atoms with Crippen LogP contribution in [-0.4, -0.2) is 30.0 Å². The van der Waals surface area contributed by atoms with Gasteiger partial charge in [0.05, 0.1) is 5.41 Å². The summed E-state index contributed by atoms with van der Waals surface area (Å²) >= 11 is 0. The van der Waals surface area contributed by atoms with Gasteiger partial charge in [-0.15, -0.1) is 12.6 Å². The van der Waals surface area contributed by atoms with Crippen LogP contribution in [0.5, 0.6) is 0 Å². The van der Waals surface area contributed by atoms with Gasteiger partial charge in [0, 0.05) is 29.9 Å². The lowest BCUT2D eigenvalue weighted by Crippen LogP contribution is -2.16. The van der Waals surface area contributed by atoms with Crippen LogP contribution in [0.4, 0.5) is 11.4 Å². The van der Waals surface area contributed by atoms with Crippen molar-refractivity contribution in [2.75, 3.05) is 11.9 Å². The van der Waals surface area contributed by atoms with Gasteiger partial charge in [0.2, 0.25) is 5.69 Å². The molecule has 1 N–H and O–H groups in total. The molecule has 0 unspecified atom stereocenters. The first-order valence-corrected chi connectivity index (χ1v) is 11.4. The number of allylic oxidation sites excluding steroid dienone is 3. The molecule has 6 heteroatoms. The summed E-state index contributed by atoms with van der Waals surface area (Å²) in [5.41, 5.74) is 4.17. The maximum Gasteiger partial charge on any atom is 0.425 e. The summed E-state index contributed by atoms with van der Waals surface area (Å²) in [4.78, 5) is 0. The third-order valence-electron chi connectivity index (χ3n) is 4.56. The lowest BCUT2D eigenvalue weighted by atomic mass is 9.87. The van der Waals surface area contributed by atoms with Crippen LogP contribution < -0.4 is 5.32 Å². The van der Waals surface area contributed by atoms with E-state index in [4.69, 9.17) is 12.6 Å². The fourth-order valence-corrected chi connectivity index (χ4v) is 3.16. The van der Waals surface area contributed by atoms with E-state index in [0.29, 0.717) is 0 Å². The van der Waals surface area contributed by atoms with E-state index in [1.54, 1.807) is 0 Å². The highest BCUT2D eigenvalue weighted by Crippen LogP contribution is 2.35. The maximum absolute atomic E-state index is 8.44. The van der Waals surface area contributed by atoms with Gasteiger partial charge in [-0.25, -0.2) is 4.58 Å². The summed E-state index contributed by atoms with van der Waals surface area (Å²) in [5, 5.41) is 3.15. The lowest BCUT2D eigenvalue weighted by Gasteiger charge is -2.09. The number of rotatable bonds is 6. The van der Waals surface area contributed by atoms with Gasteiger partial charge in [0.15, 0.2) is 6.21 Å². The molecule has 1 heterocycles. The van der Waals surface area contributed by atoms with Gasteiger partial charge in [0.25, 0.3) is 0 Å². The number of anilines is 1. The third-order valence-corrected chi connectivity index (χ3v) is 4.56. The van der Waals surface area contributed by atoms with E-state index >= 15 is 0 Å². The van der Waals surface area contributed by atoms with Crippen molar-refractivity contribution in [1.29, 1.82) is 0 Å². The lowest BCUT2D eigenvalue weighted by molar-refractivity contribution is -0.434. The van der Waals surface area contributed by atoms with Crippen molar-refractivity contribution >= 4 is 28.2 Å². The second kappa shape index (κ2) is 14.1. The number of hydrogen-bond donors (Lipinski definition) is 1. The van der Waals surface area contributed by atoms with E-state index in [1.807, 2.05) is 61.7 Å². The van der Waals surface area contributed by atoms with E-state index < -0.39 is 10.6 Å². The minimum Gasteiger partial charge on any atom is -0.362 e. The topological polar surface area (TPSA) is 66.2 Å². The van der Waals surface area contributed by atoms with Crippen molar-refractivity contribution in [2.45, 2.75) is 46.0 Å². The molecule has 1 aliphatic heterocycles. The Morgan fingerprint density at radius 2 is 1.58 bits per heavy atom. The average Bonchev–Trinajstić information content (AvgIpc) is 3.01. The van der Waals surface area contributed by atoms with Crippen LogP contribution in [0.3, 0.4) is 0 Å². The Morgan fingerprint density at radius 3 is 2.19 bits per heavy atom. The Hall–Kier alpha value is -2.99. The number of nitrogens with zero attached hydrogens (tertiary/aromatic N) is 1. The number of nitrogens with one attached hydrogen (secondary N) is 1. The quantitative estimate of drug-likeness (QED) is 0.463. The Morgan fingerprint density at radius 1 is 0.968 bits per heavy atom. The molecule has 31 heavy (non-hydrogen) atoms. The van der Waals surface area contributed by atoms with Crippen molar-refractivity contribution in [1.82, 2.24) is 0 Å². The Labute approximate surface area is 187 Å². The van der Waals surface area contributed by atoms with Gasteiger partial charge >= 0.3 is 10.6 Å². The standard InChI is InChI=1S/C14H20N.C11H13N.O3S/c1-4-5-10-15-11-14(2,3)12-8-6-7-9-13(12)15;1-2-3-7-10-12-11-8-5-4-6-9-11;1-4(2)3/h6-9,11H,4-5,10H2,1-3H3;2-10,12H,1H3;/q+1;;/b;3-2+,10-7+;. The largest absolute Gasteiger partial charge is 0.425 e. The summed E-state index contributed by atoms with van der Waals surface area (Å²) in [6, 6.07) is 18.8. The molecule has 0 bridgehead atoms. The molecule has 0 saturated carbocycles. The van der Waals surface area contributed by atoms with Crippen LogP contribution in [-0.2, 0) is 16.0 Å². The van der Waals surface area contributed by atoms with Gasteiger partial charge in [-0.3, -0.25) is 0 Å². The molecule has 2 aromatic carbocycles. The van der Waals surface area contributed by atoms with E-state index in [-0.39, 0.29) is 5.41 Å². The van der Waals surface area contributed by atoms with Crippen LogP contribution in [0.2, 0.25) is 0 Å². The van der Waals surface area contributed by atoms with Gasteiger partial charge in [-0.05, 0) is 39.0 Å². The molecule has 0 spiro atoms. The van der Waals surface area contributed by atoms with Crippen molar-refractivity contribution in [3.8, 4) is 0 Å². The molecule has 1 aliphatic rings. The van der Waals surface area contributed by atoms with Gasteiger partial charge in [0.1, 0.15) is 6.54 Å². The number of hydrogen-bond acceptors (Lipinski definition) is 4. The Bertz CT molecular complexity index is 986. The summed E-state index contributed by atoms with van der Waals surface area (Å²) in [6.07, 6.45) is 12.7. The maximum atomic E-state index is 8.44. The smallest absolute Gasteiger partial charge is 0.362 e. The highest BCUT2D eigenvalue weighted by Gasteiger charge is 2.36. The molecule has 0 aliphatic carbocycles. The minimum atomic E-state index is -3.11. The second-order valence-corrected chi connectivity index (χ2v) is 7.92. The molecule has 5 nitrogen and oxygen atoms in total. The highest BCUT2D eigenvalue weighted by atomic mass is 32.2. The average molecular weight is 442 g/mol. The zero-order chi connectivity index (χ0) is 23.1. The van der Waals surface area contributed by atoms with Crippen molar-refractivity contribution in [3.05, 3.63) is 84.6 Å². The molecule has 0 fully saturated rings. The van der Waals surface area contributed by atoms with Crippen LogP contribution in [0.25, 0.3) is 0 Å². The van der Waals surface area contributed by atoms with Gasteiger partial charge in [-0.1, -0.05) is 61.9 Å². The molecule has 166 valence electrons. The first-order chi connectivity index (χ1) is 14.8. The normalized spacial score (nSPS) is 13.5. The monoisotopic (exact) mass is 441 g/mol. The molecule has 0 saturated heterocycles. The second-order valence-electron chi connectivity index (χ2n) is 7.51. The predicted molar refractivity (Wildman–Crippen MR) is 129 cm³/mol. The number of benzene rings is 2. The summed E-state index contributed by atoms with van der Waals surface area (Å²) < 4.78 is 27.7. The first kappa shape index (κ1) is 26.0. The van der Waals surface area contributed by atoms with Crippen molar-refractivity contribution < 1.29 is 17.2 Å². The van der Waals surface area contributed by atoms with Crippen LogP contribution in [0.1, 0.15) is 46.1 Å². The Balaban J connectivity index is 0.000000270. The van der Waals surface area contributed by atoms with Gasteiger partial charge in [-0.2, -0.15) is 0 Å². The molecule has 0 amide bonds. The van der Waals surface area contributed by atoms with Crippen LogP contribution >= 0.6 is 0 Å². The van der Waals surface area contributed by atoms with Crippen LogP contribution in [0.15, 0.2) is 79.0 Å². The van der Waals surface area contributed by atoms with Crippen LogP contribution in [0, 0.1) is 0 Å². The van der Waals surface area contributed by atoms with E-state index in [2.05, 4.69) is 61.1 Å². The van der Waals surface area contributed by atoms with E-state index in [0.717, 1.165) is 12.2 Å². The van der Waals surface area contributed by atoms with Crippen molar-refractivity contribution in [2.24, 2.45) is 0 Å². The molecular weight excluding hydrogens is 408 g/mol. The number of para-hydroxylation sites is 2. The predicted octanol–water partition coefficient (Wildman–Crippen LogP) is 5.68. The number of unbranched alkanes of at least 4 members (excludes halogenated alkanes) is 1. The first-order valence-electron chi connectivity index (χ1n) is 10.4. The molecule has 2 aromatic rings. The molecule has 0 atom stereocenters. The van der Waals surface area contributed by atoms with Crippen molar-refractivity contribution in [3.63, 3.8) is 0 Å². The fourth-order valence-electron chi connectivity index (χ4n) is 3.16. The third kappa shape index (κ3) is 10.0. The molecular formula is C25H33N2O3S+. The molecule has 0 aromatic heterocycles. The Kier molecular flexibility index (Phi) is 11.8. The zero-order valence-corrected chi connectivity index (χ0v) is 19.6. The fraction of sp³-hybridized carbons (Fsp3) is 0.320. The molecule has 0 radical (unpaired) electrons. The summed E-state index contributed by atoms with van der Waals surface area (Å²) in [7, 11) is -3.11. The minimum absolute atomic E-state index is 0.199. The van der Waals surface area contributed by atoms with E-state index in [1.165, 1.54) is 24.1 Å².